The molecule has 0 amide bonds. The molecule has 0 atom stereocenters. The second kappa shape index (κ2) is 4.08. The number of aromatic nitrogens is 2. The van der Waals surface area contributed by atoms with Crippen LogP contribution < -0.4 is 4.90 Å². The van der Waals surface area contributed by atoms with Crippen LogP contribution in [0.5, 0.6) is 0 Å². The fraction of sp³-hybridized carbons (Fsp3) is 0.545. The summed E-state index contributed by atoms with van der Waals surface area (Å²) in [5, 5.41) is 8.72. The molecule has 0 aromatic carbocycles. The van der Waals surface area contributed by atoms with E-state index in [-0.39, 0.29) is 6.54 Å². The Labute approximate surface area is 94.1 Å². The minimum atomic E-state index is -0.855. The normalized spacial score (nSPS) is 14.9. The molecule has 0 bridgehead atoms. The number of carboxylic acid groups (broad SMARTS) is 1. The predicted octanol–water partition coefficient (Wildman–Crippen LogP) is 1.18. The maximum atomic E-state index is 10.6. The quantitative estimate of drug-likeness (QED) is 0.827. The molecular weight excluding hydrogens is 206 g/mol. The molecule has 1 fully saturated rings. The van der Waals surface area contributed by atoms with E-state index in [0.717, 1.165) is 24.4 Å². The molecule has 86 valence electrons. The number of aryl methyl sites for hydroxylation is 1. The van der Waals surface area contributed by atoms with Gasteiger partial charge in [-0.05, 0) is 19.8 Å². The summed E-state index contributed by atoms with van der Waals surface area (Å²) in [5.41, 5.74) is 0.893. The second-order valence-electron chi connectivity index (χ2n) is 4.25. The van der Waals surface area contributed by atoms with Crippen LogP contribution in [0.1, 0.15) is 30.3 Å². The molecule has 0 aliphatic heterocycles. The molecule has 0 unspecified atom stereocenters. The van der Waals surface area contributed by atoms with Gasteiger partial charge in [-0.25, -0.2) is 9.97 Å². The van der Waals surface area contributed by atoms with Crippen molar-refractivity contribution in [3.05, 3.63) is 17.6 Å². The number of anilines is 1. The highest BCUT2D eigenvalue weighted by Gasteiger charge is 2.27. The average Bonchev–Trinajstić information content (AvgIpc) is 2.98. The molecule has 1 saturated carbocycles. The van der Waals surface area contributed by atoms with Crippen LogP contribution >= 0.6 is 0 Å². The first-order valence-electron chi connectivity index (χ1n) is 5.35. The number of hydrogen-bond acceptors (Lipinski definition) is 4. The summed E-state index contributed by atoms with van der Waals surface area (Å²) in [7, 11) is 1.73. The van der Waals surface area contributed by atoms with Gasteiger partial charge in [-0.1, -0.05) is 0 Å². The van der Waals surface area contributed by atoms with E-state index < -0.39 is 5.97 Å². The van der Waals surface area contributed by atoms with Crippen molar-refractivity contribution < 1.29 is 9.90 Å². The van der Waals surface area contributed by atoms with E-state index in [2.05, 4.69) is 9.97 Å². The first-order valence-corrected chi connectivity index (χ1v) is 5.35. The van der Waals surface area contributed by atoms with Gasteiger partial charge in [0.25, 0.3) is 0 Å². The number of nitrogens with zero attached hydrogens (tertiary/aromatic N) is 3. The predicted molar refractivity (Wildman–Crippen MR) is 59.6 cm³/mol. The summed E-state index contributed by atoms with van der Waals surface area (Å²) in [6.45, 7) is 1.87. The number of carboxylic acids is 1. The molecule has 2 rings (SSSR count). The fourth-order valence-corrected chi connectivity index (χ4v) is 1.58. The van der Waals surface area contributed by atoms with Gasteiger partial charge < -0.3 is 10.0 Å². The Bertz CT molecular complexity index is 416. The van der Waals surface area contributed by atoms with Crippen molar-refractivity contribution >= 4 is 11.8 Å². The zero-order chi connectivity index (χ0) is 11.7. The number of hydrogen-bond donors (Lipinski definition) is 1. The molecule has 0 saturated heterocycles. The number of aliphatic carboxylic acids is 1. The van der Waals surface area contributed by atoms with Crippen LogP contribution in [0, 0.1) is 6.92 Å². The van der Waals surface area contributed by atoms with Crippen LogP contribution in [0.25, 0.3) is 0 Å². The molecule has 1 aromatic heterocycles. The third-order valence-electron chi connectivity index (χ3n) is 2.56. The Morgan fingerprint density at radius 3 is 2.81 bits per heavy atom. The summed E-state index contributed by atoms with van der Waals surface area (Å²) < 4.78 is 0. The molecular formula is C11H15N3O2. The Balaban J connectivity index is 2.22. The highest BCUT2D eigenvalue weighted by atomic mass is 16.4. The standard InChI is InChI=1S/C11H15N3O2/c1-7-5-9(14(2)6-10(15)16)13-11(12-7)8-3-4-8/h5,8H,3-4,6H2,1-2H3,(H,15,16). The van der Waals surface area contributed by atoms with E-state index in [4.69, 9.17) is 5.11 Å². The maximum absolute atomic E-state index is 10.6. The Morgan fingerprint density at radius 1 is 1.56 bits per heavy atom. The van der Waals surface area contributed by atoms with Gasteiger partial charge in [0.05, 0.1) is 0 Å². The molecule has 0 radical (unpaired) electrons. The van der Waals surface area contributed by atoms with E-state index in [1.807, 2.05) is 13.0 Å². The Hall–Kier alpha value is -1.65. The van der Waals surface area contributed by atoms with E-state index in [1.165, 1.54) is 0 Å². The van der Waals surface area contributed by atoms with Crippen LogP contribution in [0.2, 0.25) is 0 Å². The number of rotatable bonds is 4. The van der Waals surface area contributed by atoms with Crippen molar-refractivity contribution in [3.8, 4) is 0 Å². The summed E-state index contributed by atoms with van der Waals surface area (Å²) in [6.07, 6.45) is 2.29. The van der Waals surface area contributed by atoms with Crippen molar-refractivity contribution in [2.75, 3.05) is 18.5 Å². The summed E-state index contributed by atoms with van der Waals surface area (Å²) >= 11 is 0. The topological polar surface area (TPSA) is 66.3 Å². The SMILES string of the molecule is Cc1cc(N(C)CC(=O)O)nc(C2CC2)n1. The monoisotopic (exact) mass is 221 g/mol. The fourth-order valence-electron chi connectivity index (χ4n) is 1.58. The van der Waals surface area contributed by atoms with E-state index in [0.29, 0.717) is 11.7 Å². The average molecular weight is 221 g/mol. The van der Waals surface area contributed by atoms with Gasteiger partial charge in [0, 0.05) is 24.7 Å². The van der Waals surface area contributed by atoms with Gasteiger partial charge in [0.15, 0.2) is 0 Å². The minimum absolute atomic E-state index is 0.0411. The van der Waals surface area contributed by atoms with Gasteiger partial charge in [0.1, 0.15) is 18.2 Å². The molecule has 1 aromatic rings. The third kappa shape index (κ3) is 2.48. The molecule has 1 aliphatic rings. The maximum Gasteiger partial charge on any atom is 0.323 e. The van der Waals surface area contributed by atoms with Crippen molar-refractivity contribution in [1.29, 1.82) is 0 Å². The Kier molecular flexibility index (Phi) is 2.77. The van der Waals surface area contributed by atoms with Crippen LogP contribution in [-0.4, -0.2) is 34.6 Å². The van der Waals surface area contributed by atoms with Gasteiger partial charge in [-0.3, -0.25) is 4.79 Å². The first-order chi connectivity index (χ1) is 7.56. The van der Waals surface area contributed by atoms with Crippen LogP contribution in [-0.2, 0) is 4.79 Å². The first kappa shape index (κ1) is 10.9. The lowest BCUT2D eigenvalue weighted by molar-refractivity contribution is -0.135. The van der Waals surface area contributed by atoms with Gasteiger partial charge in [0.2, 0.25) is 0 Å². The smallest absolute Gasteiger partial charge is 0.323 e. The van der Waals surface area contributed by atoms with Crippen LogP contribution in [0.15, 0.2) is 6.07 Å². The summed E-state index contributed by atoms with van der Waals surface area (Å²) in [4.78, 5) is 21.0. The van der Waals surface area contributed by atoms with Crippen molar-refractivity contribution in [1.82, 2.24) is 9.97 Å². The van der Waals surface area contributed by atoms with Gasteiger partial charge in [-0.15, -0.1) is 0 Å². The van der Waals surface area contributed by atoms with E-state index in [9.17, 15) is 4.79 Å². The van der Waals surface area contributed by atoms with E-state index in [1.54, 1.807) is 11.9 Å². The van der Waals surface area contributed by atoms with Crippen molar-refractivity contribution in [2.45, 2.75) is 25.7 Å². The van der Waals surface area contributed by atoms with E-state index >= 15 is 0 Å². The van der Waals surface area contributed by atoms with Gasteiger partial charge in [-0.2, -0.15) is 0 Å². The van der Waals surface area contributed by atoms with Crippen LogP contribution in [0.3, 0.4) is 0 Å². The second-order valence-corrected chi connectivity index (χ2v) is 4.25. The molecule has 5 heteroatoms. The molecule has 1 heterocycles. The molecule has 1 aliphatic carbocycles. The third-order valence-corrected chi connectivity index (χ3v) is 2.56. The molecule has 16 heavy (non-hydrogen) atoms. The molecule has 1 N–H and O–H groups in total. The number of carbonyl (C=O) groups is 1. The summed E-state index contributed by atoms with van der Waals surface area (Å²) in [5.74, 6) is 1.17. The van der Waals surface area contributed by atoms with Crippen molar-refractivity contribution in [2.24, 2.45) is 0 Å². The molecule has 0 spiro atoms. The van der Waals surface area contributed by atoms with Crippen LogP contribution in [0.4, 0.5) is 5.82 Å². The lowest BCUT2D eigenvalue weighted by Crippen LogP contribution is -2.26. The highest BCUT2D eigenvalue weighted by Crippen LogP contribution is 2.38. The lowest BCUT2D eigenvalue weighted by atomic mass is 10.3. The zero-order valence-electron chi connectivity index (χ0n) is 9.47. The minimum Gasteiger partial charge on any atom is -0.480 e. The van der Waals surface area contributed by atoms with Gasteiger partial charge >= 0.3 is 5.97 Å². The lowest BCUT2D eigenvalue weighted by Gasteiger charge is -2.16. The Morgan fingerprint density at radius 2 is 2.25 bits per heavy atom. The summed E-state index contributed by atoms with van der Waals surface area (Å²) in [6, 6.07) is 1.81. The van der Waals surface area contributed by atoms with Crippen molar-refractivity contribution in [3.63, 3.8) is 0 Å². The highest BCUT2D eigenvalue weighted by molar-refractivity contribution is 5.72. The largest absolute Gasteiger partial charge is 0.480 e. The number of likely N-dealkylation sites (N-methyl/N-ethyl adjacent to an activating group) is 1. The zero-order valence-corrected chi connectivity index (χ0v) is 9.47. The molecule has 5 nitrogen and oxygen atoms in total.